The maximum absolute atomic E-state index is 6.28. The van der Waals surface area contributed by atoms with Gasteiger partial charge >= 0.3 is 0 Å². The zero-order valence-electron chi connectivity index (χ0n) is 34.9. The van der Waals surface area contributed by atoms with Crippen LogP contribution in [-0.4, -0.2) is 4.98 Å². The van der Waals surface area contributed by atoms with Crippen molar-refractivity contribution in [3.63, 3.8) is 0 Å². The van der Waals surface area contributed by atoms with Crippen LogP contribution in [0.2, 0.25) is 0 Å². The molecular formula is C61H40N2O. The van der Waals surface area contributed by atoms with Crippen molar-refractivity contribution in [2.45, 2.75) is 0 Å². The molecule has 0 saturated heterocycles. The molecule has 0 bridgehead atoms. The molecule has 1 aromatic heterocycles. The van der Waals surface area contributed by atoms with Crippen LogP contribution in [0.4, 0.5) is 17.1 Å². The van der Waals surface area contributed by atoms with Crippen LogP contribution < -0.4 is 4.90 Å². The molecule has 0 atom stereocenters. The third-order valence-electron chi connectivity index (χ3n) is 12.5. The number of aromatic nitrogens is 1. The van der Waals surface area contributed by atoms with Gasteiger partial charge in [0, 0.05) is 27.9 Å². The lowest BCUT2D eigenvalue weighted by molar-refractivity contribution is 0.620. The highest BCUT2D eigenvalue weighted by atomic mass is 16.3. The zero-order valence-corrected chi connectivity index (χ0v) is 34.9. The molecule has 0 aliphatic carbocycles. The molecule has 0 N–H and O–H groups in total. The summed E-state index contributed by atoms with van der Waals surface area (Å²) in [5.74, 6) is 0.630. The zero-order chi connectivity index (χ0) is 42.4. The van der Waals surface area contributed by atoms with E-state index in [9.17, 15) is 0 Å². The van der Waals surface area contributed by atoms with Crippen LogP contribution in [-0.2, 0) is 0 Å². The number of fused-ring (bicyclic) bond motifs is 6. The lowest BCUT2D eigenvalue weighted by Gasteiger charge is -2.28. The summed E-state index contributed by atoms with van der Waals surface area (Å²) in [6.45, 7) is 0. The van der Waals surface area contributed by atoms with Gasteiger partial charge in [-0.15, -0.1) is 0 Å². The Morgan fingerprint density at radius 3 is 1.58 bits per heavy atom. The van der Waals surface area contributed by atoms with Crippen LogP contribution in [0.5, 0.6) is 0 Å². The van der Waals surface area contributed by atoms with Crippen molar-refractivity contribution in [3.8, 4) is 56.0 Å². The first kappa shape index (κ1) is 37.2. The predicted molar refractivity (Wildman–Crippen MR) is 268 cm³/mol. The molecule has 64 heavy (non-hydrogen) atoms. The molecule has 300 valence electrons. The van der Waals surface area contributed by atoms with E-state index in [-0.39, 0.29) is 0 Å². The molecule has 11 aromatic carbocycles. The molecule has 0 aliphatic heterocycles. The summed E-state index contributed by atoms with van der Waals surface area (Å²) in [5.41, 5.74) is 15.2. The highest BCUT2D eigenvalue weighted by Gasteiger charge is 2.19. The summed E-state index contributed by atoms with van der Waals surface area (Å²) >= 11 is 0. The fourth-order valence-electron chi connectivity index (χ4n) is 9.39. The van der Waals surface area contributed by atoms with Gasteiger partial charge in [-0.25, -0.2) is 4.98 Å². The molecule has 0 saturated carbocycles. The van der Waals surface area contributed by atoms with Crippen molar-refractivity contribution < 1.29 is 4.42 Å². The molecule has 0 radical (unpaired) electrons. The van der Waals surface area contributed by atoms with Gasteiger partial charge in [0.1, 0.15) is 5.52 Å². The standard InChI is InChI=1S/C61H40N2O/c1-3-14-43(15-4-1)52-21-11-12-25-57(52)63(50-37-32-45(33-38-50)56-40-48-18-7-8-20-51(48)54-22-9-10-23-55(54)56)49-35-30-42(31-36-49)41-26-28-44(29-27-41)53-24-13-19-46-34-39-58-60(59(46)53)62-61(64-58)47-16-5-2-6-17-47/h1-40H. The van der Waals surface area contributed by atoms with Crippen molar-refractivity contribution in [1.29, 1.82) is 0 Å². The lowest BCUT2D eigenvalue weighted by Crippen LogP contribution is -2.11. The second-order valence-electron chi connectivity index (χ2n) is 16.3. The van der Waals surface area contributed by atoms with Crippen molar-refractivity contribution >= 4 is 60.5 Å². The average molecular weight is 817 g/mol. The Balaban J connectivity index is 0.910. The van der Waals surface area contributed by atoms with E-state index in [4.69, 9.17) is 9.40 Å². The van der Waals surface area contributed by atoms with Crippen LogP contribution in [0, 0.1) is 0 Å². The van der Waals surface area contributed by atoms with Gasteiger partial charge < -0.3 is 9.32 Å². The number of nitrogens with zero attached hydrogens (tertiary/aromatic N) is 2. The van der Waals surface area contributed by atoms with Crippen LogP contribution in [0.25, 0.3) is 99.4 Å². The van der Waals surface area contributed by atoms with E-state index in [1.54, 1.807) is 0 Å². The van der Waals surface area contributed by atoms with E-state index in [0.29, 0.717) is 5.89 Å². The van der Waals surface area contributed by atoms with Gasteiger partial charge in [0.25, 0.3) is 0 Å². The van der Waals surface area contributed by atoms with Crippen molar-refractivity contribution in [3.05, 3.63) is 243 Å². The van der Waals surface area contributed by atoms with Crippen LogP contribution in [0.3, 0.4) is 0 Å². The third-order valence-corrected chi connectivity index (χ3v) is 12.5. The van der Waals surface area contributed by atoms with Gasteiger partial charge in [0.2, 0.25) is 5.89 Å². The molecule has 0 aliphatic rings. The molecule has 1 heterocycles. The maximum atomic E-state index is 6.28. The fourth-order valence-corrected chi connectivity index (χ4v) is 9.39. The number of hydrogen-bond acceptors (Lipinski definition) is 3. The Labute approximate surface area is 371 Å². The minimum absolute atomic E-state index is 0.630. The van der Waals surface area contributed by atoms with Gasteiger partial charge in [-0.3, -0.25) is 0 Å². The Morgan fingerprint density at radius 2 is 0.844 bits per heavy atom. The van der Waals surface area contributed by atoms with Gasteiger partial charge in [0.05, 0.1) is 5.69 Å². The van der Waals surface area contributed by atoms with Crippen LogP contribution in [0.1, 0.15) is 0 Å². The first-order valence-corrected chi connectivity index (χ1v) is 21.8. The molecule has 0 amide bonds. The topological polar surface area (TPSA) is 29.3 Å². The SMILES string of the molecule is c1ccc(-c2nc3c(ccc4cccc(-c5ccc(-c6ccc(N(c7ccc(-c8cc9ccccc9c9ccccc89)cc7)c7ccccc7-c7ccccc7)cc6)cc5)c43)o2)cc1. The summed E-state index contributed by atoms with van der Waals surface area (Å²) in [6, 6.07) is 86.7. The van der Waals surface area contributed by atoms with Gasteiger partial charge in [-0.05, 0) is 120 Å². The minimum atomic E-state index is 0.630. The minimum Gasteiger partial charge on any atom is -0.436 e. The van der Waals surface area contributed by atoms with E-state index in [1.165, 1.54) is 43.8 Å². The molecular weight excluding hydrogens is 777 g/mol. The lowest BCUT2D eigenvalue weighted by atomic mass is 9.93. The normalized spacial score (nSPS) is 11.4. The summed E-state index contributed by atoms with van der Waals surface area (Å²) in [5, 5.41) is 7.27. The number of benzene rings is 11. The predicted octanol–water partition coefficient (Wildman–Crippen LogP) is 17.1. The highest BCUT2D eigenvalue weighted by molar-refractivity contribution is 6.14. The van der Waals surface area contributed by atoms with Crippen molar-refractivity contribution in [2.24, 2.45) is 0 Å². The smallest absolute Gasteiger partial charge is 0.227 e. The number of para-hydroxylation sites is 1. The second-order valence-corrected chi connectivity index (χ2v) is 16.3. The van der Waals surface area contributed by atoms with E-state index in [2.05, 4.69) is 211 Å². The molecule has 0 fully saturated rings. The Hall–Kier alpha value is -8.53. The molecule has 3 nitrogen and oxygen atoms in total. The number of rotatable bonds is 8. The quantitative estimate of drug-likeness (QED) is 0.143. The largest absolute Gasteiger partial charge is 0.436 e. The molecule has 0 spiro atoms. The van der Waals surface area contributed by atoms with Crippen molar-refractivity contribution in [1.82, 2.24) is 4.98 Å². The van der Waals surface area contributed by atoms with Crippen LogP contribution in [0.15, 0.2) is 247 Å². The second kappa shape index (κ2) is 15.7. The Morgan fingerprint density at radius 1 is 0.328 bits per heavy atom. The maximum Gasteiger partial charge on any atom is 0.227 e. The monoisotopic (exact) mass is 816 g/mol. The summed E-state index contributed by atoms with van der Waals surface area (Å²) in [7, 11) is 0. The van der Waals surface area contributed by atoms with E-state index in [1.807, 2.05) is 36.4 Å². The van der Waals surface area contributed by atoms with E-state index < -0.39 is 0 Å². The Kier molecular flexibility index (Phi) is 9.16. The first-order valence-electron chi connectivity index (χ1n) is 21.8. The van der Waals surface area contributed by atoms with Gasteiger partial charge in [-0.2, -0.15) is 0 Å². The summed E-state index contributed by atoms with van der Waals surface area (Å²) in [4.78, 5) is 7.40. The van der Waals surface area contributed by atoms with Crippen LogP contribution >= 0.6 is 0 Å². The number of hydrogen-bond donors (Lipinski definition) is 0. The van der Waals surface area contributed by atoms with Crippen molar-refractivity contribution in [2.75, 3.05) is 4.90 Å². The van der Waals surface area contributed by atoms with Gasteiger partial charge in [-0.1, -0.05) is 188 Å². The summed E-state index contributed by atoms with van der Waals surface area (Å²) < 4.78 is 6.28. The number of oxazole rings is 1. The van der Waals surface area contributed by atoms with E-state index in [0.717, 1.165) is 66.8 Å². The highest BCUT2D eigenvalue weighted by Crippen LogP contribution is 2.43. The molecule has 0 unspecified atom stereocenters. The average Bonchev–Trinajstić information content (AvgIpc) is 3.83. The third kappa shape index (κ3) is 6.59. The summed E-state index contributed by atoms with van der Waals surface area (Å²) in [6.07, 6.45) is 0. The molecule has 12 aromatic rings. The Bertz CT molecular complexity index is 3630. The molecule has 12 rings (SSSR count). The van der Waals surface area contributed by atoms with Gasteiger partial charge in [0.15, 0.2) is 5.58 Å². The first-order chi connectivity index (χ1) is 31.7. The molecule has 3 heteroatoms. The fraction of sp³-hybridized carbons (Fsp3) is 0. The van der Waals surface area contributed by atoms with E-state index >= 15 is 0 Å². The number of anilines is 3.